The van der Waals surface area contributed by atoms with Crippen LogP contribution >= 0.6 is 0 Å². The molecule has 1 aromatic carbocycles. The van der Waals surface area contributed by atoms with Gasteiger partial charge in [-0.15, -0.1) is 10.2 Å². The zero-order chi connectivity index (χ0) is 17.2. The van der Waals surface area contributed by atoms with E-state index in [1.54, 1.807) is 19.1 Å². The fourth-order valence-electron chi connectivity index (χ4n) is 3.16. The smallest absolute Gasteiger partial charge is 0.253 e. The van der Waals surface area contributed by atoms with Crippen molar-refractivity contribution in [1.29, 1.82) is 0 Å². The summed E-state index contributed by atoms with van der Waals surface area (Å²) in [4.78, 5) is 14.5. The molecule has 0 spiro atoms. The number of carbonyl (C=O) groups is 1. The topological polar surface area (TPSA) is 79.5 Å². The Morgan fingerprint density at radius 2 is 1.92 bits per heavy atom. The third-order valence-electron chi connectivity index (χ3n) is 5.10. The van der Waals surface area contributed by atoms with E-state index in [0.29, 0.717) is 30.4 Å². The summed E-state index contributed by atoms with van der Waals surface area (Å²) >= 11 is 0. The zero-order valence-corrected chi connectivity index (χ0v) is 14.2. The summed E-state index contributed by atoms with van der Waals surface area (Å²) in [6, 6.07) is 7.25. The molecular formula is C18H23N3O3. The van der Waals surface area contributed by atoms with Gasteiger partial charge in [0, 0.05) is 37.7 Å². The molecule has 0 aliphatic carbocycles. The molecule has 1 aliphatic heterocycles. The monoisotopic (exact) mass is 329 g/mol. The van der Waals surface area contributed by atoms with E-state index in [2.05, 4.69) is 17.1 Å². The van der Waals surface area contributed by atoms with Crippen molar-refractivity contribution in [3.8, 4) is 11.5 Å². The van der Waals surface area contributed by atoms with Gasteiger partial charge in [-0.3, -0.25) is 4.79 Å². The third kappa shape index (κ3) is 3.19. The summed E-state index contributed by atoms with van der Waals surface area (Å²) in [5, 5.41) is 17.4. The summed E-state index contributed by atoms with van der Waals surface area (Å²) in [5.41, 5.74) is 1.44. The Kier molecular flexibility index (Phi) is 4.66. The Morgan fingerprint density at radius 3 is 2.42 bits per heavy atom. The van der Waals surface area contributed by atoms with Crippen LogP contribution in [0.25, 0.3) is 11.5 Å². The molecule has 1 saturated heterocycles. The van der Waals surface area contributed by atoms with Gasteiger partial charge in [-0.05, 0) is 48.9 Å². The second kappa shape index (κ2) is 6.73. The molecule has 3 rings (SSSR count). The van der Waals surface area contributed by atoms with E-state index < -0.39 is 0 Å². The lowest BCUT2D eigenvalue weighted by atomic mass is 9.77. The summed E-state index contributed by atoms with van der Waals surface area (Å²) in [5.74, 6) is 1.01. The molecule has 1 aliphatic rings. The highest BCUT2D eigenvalue weighted by Gasteiger charge is 2.34. The van der Waals surface area contributed by atoms with E-state index >= 15 is 0 Å². The van der Waals surface area contributed by atoms with Crippen LogP contribution in [0.1, 0.15) is 42.4 Å². The highest BCUT2D eigenvalue weighted by molar-refractivity contribution is 5.94. The average molecular weight is 329 g/mol. The SMILES string of the molecule is CCC1(CO)CCN(C(=O)c2ccc(-c3nnc(C)o3)cc2)CC1. The van der Waals surface area contributed by atoms with Crippen LogP contribution in [0.4, 0.5) is 0 Å². The Hall–Kier alpha value is -2.21. The molecule has 0 atom stereocenters. The third-order valence-corrected chi connectivity index (χ3v) is 5.10. The van der Waals surface area contributed by atoms with Gasteiger partial charge in [-0.25, -0.2) is 0 Å². The standard InChI is InChI=1S/C18H23N3O3/c1-3-18(12-22)8-10-21(11-9-18)17(23)15-6-4-14(5-7-15)16-20-19-13(2)24-16/h4-7,22H,3,8-12H2,1-2H3. The second-order valence-electron chi connectivity index (χ2n) is 6.51. The lowest BCUT2D eigenvalue weighted by molar-refractivity contribution is 0.0338. The average Bonchev–Trinajstić information content (AvgIpc) is 3.08. The van der Waals surface area contributed by atoms with Crippen LogP contribution in [0.3, 0.4) is 0 Å². The van der Waals surface area contributed by atoms with Crippen LogP contribution in [0.2, 0.25) is 0 Å². The molecule has 1 aromatic heterocycles. The molecule has 2 heterocycles. The van der Waals surface area contributed by atoms with Gasteiger partial charge < -0.3 is 14.4 Å². The summed E-state index contributed by atoms with van der Waals surface area (Å²) in [7, 11) is 0. The number of carbonyl (C=O) groups excluding carboxylic acids is 1. The molecule has 1 N–H and O–H groups in total. The van der Waals surface area contributed by atoms with Gasteiger partial charge in [0.05, 0.1) is 0 Å². The molecule has 1 amide bonds. The quantitative estimate of drug-likeness (QED) is 0.933. The van der Waals surface area contributed by atoms with E-state index in [4.69, 9.17) is 4.42 Å². The number of benzene rings is 1. The number of aryl methyl sites for hydroxylation is 1. The number of aliphatic hydroxyl groups is 1. The van der Waals surface area contributed by atoms with Gasteiger partial charge in [-0.2, -0.15) is 0 Å². The lowest BCUT2D eigenvalue weighted by Crippen LogP contribution is -2.44. The van der Waals surface area contributed by atoms with Crippen molar-refractivity contribution in [3.63, 3.8) is 0 Å². The molecule has 6 heteroatoms. The first kappa shape index (κ1) is 16.6. The van der Waals surface area contributed by atoms with Crippen molar-refractivity contribution in [3.05, 3.63) is 35.7 Å². The van der Waals surface area contributed by atoms with Gasteiger partial charge in [0.15, 0.2) is 0 Å². The minimum Gasteiger partial charge on any atom is -0.421 e. The second-order valence-corrected chi connectivity index (χ2v) is 6.51. The van der Waals surface area contributed by atoms with Crippen LogP contribution in [0, 0.1) is 12.3 Å². The number of likely N-dealkylation sites (tertiary alicyclic amines) is 1. The highest BCUT2D eigenvalue weighted by Crippen LogP contribution is 2.34. The minimum atomic E-state index is -0.0174. The Labute approximate surface area is 141 Å². The van der Waals surface area contributed by atoms with Crippen LogP contribution in [0.5, 0.6) is 0 Å². The predicted molar refractivity (Wildman–Crippen MR) is 89.4 cm³/mol. The van der Waals surface area contributed by atoms with Crippen LogP contribution in [-0.2, 0) is 0 Å². The number of rotatable bonds is 4. The van der Waals surface area contributed by atoms with Crippen molar-refractivity contribution in [2.45, 2.75) is 33.1 Å². The van der Waals surface area contributed by atoms with Crippen LogP contribution in [0.15, 0.2) is 28.7 Å². The lowest BCUT2D eigenvalue weighted by Gasteiger charge is -2.40. The van der Waals surface area contributed by atoms with Gasteiger partial charge in [0.25, 0.3) is 5.91 Å². The zero-order valence-electron chi connectivity index (χ0n) is 14.2. The fraction of sp³-hybridized carbons (Fsp3) is 0.500. The number of piperidine rings is 1. The van der Waals surface area contributed by atoms with E-state index in [1.165, 1.54) is 0 Å². The molecule has 0 radical (unpaired) electrons. The van der Waals surface area contributed by atoms with E-state index in [9.17, 15) is 9.90 Å². The Bertz CT molecular complexity index is 695. The normalized spacial score (nSPS) is 17.0. The number of amides is 1. The molecule has 6 nitrogen and oxygen atoms in total. The van der Waals surface area contributed by atoms with Crippen LogP contribution < -0.4 is 0 Å². The number of aliphatic hydroxyl groups excluding tert-OH is 1. The summed E-state index contributed by atoms with van der Waals surface area (Å²) < 4.78 is 5.39. The van der Waals surface area contributed by atoms with Crippen molar-refractivity contribution in [2.75, 3.05) is 19.7 Å². The van der Waals surface area contributed by atoms with Gasteiger partial charge in [0.2, 0.25) is 11.8 Å². The molecular weight excluding hydrogens is 306 g/mol. The van der Waals surface area contributed by atoms with Gasteiger partial charge in [-0.1, -0.05) is 6.92 Å². The van der Waals surface area contributed by atoms with E-state index in [-0.39, 0.29) is 17.9 Å². The molecule has 0 bridgehead atoms. The molecule has 0 saturated carbocycles. The maximum atomic E-state index is 12.7. The van der Waals surface area contributed by atoms with Gasteiger partial charge >= 0.3 is 0 Å². The van der Waals surface area contributed by atoms with E-state index in [1.807, 2.05) is 17.0 Å². The molecule has 1 fully saturated rings. The number of hydrogen-bond donors (Lipinski definition) is 1. The van der Waals surface area contributed by atoms with Crippen molar-refractivity contribution >= 4 is 5.91 Å². The van der Waals surface area contributed by atoms with Gasteiger partial charge in [0.1, 0.15) is 0 Å². The molecule has 24 heavy (non-hydrogen) atoms. The molecule has 128 valence electrons. The van der Waals surface area contributed by atoms with Crippen molar-refractivity contribution in [2.24, 2.45) is 5.41 Å². The van der Waals surface area contributed by atoms with Crippen molar-refractivity contribution < 1.29 is 14.3 Å². The predicted octanol–water partition coefficient (Wildman–Crippen LogP) is 2.67. The number of hydrogen-bond acceptors (Lipinski definition) is 5. The maximum absolute atomic E-state index is 12.7. The highest BCUT2D eigenvalue weighted by atomic mass is 16.4. The molecule has 0 unspecified atom stereocenters. The van der Waals surface area contributed by atoms with Crippen LogP contribution in [-0.4, -0.2) is 45.8 Å². The maximum Gasteiger partial charge on any atom is 0.253 e. The first-order chi connectivity index (χ1) is 11.6. The molecule has 2 aromatic rings. The number of aromatic nitrogens is 2. The number of nitrogens with zero attached hydrogens (tertiary/aromatic N) is 3. The summed E-state index contributed by atoms with van der Waals surface area (Å²) in [6.07, 6.45) is 2.65. The summed E-state index contributed by atoms with van der Waals surface area (Å²) in [6.45, 7) is 5.43. The van der Waals surface area contributed by atoms with Crippen molar-refractivity contribution in [1.82, 2.24) is 15.1 Å². The Balaban J connectivity index is 1.68. The fourth-order valence-corrected chi connectivity index (χ4v) is 3.16. The minimum absolute atomic E-state index is 0.0174. The Morgan fingerprint density at radius 1 is 1.25 bits per heavy atom. The first-order valence-corrected chi connectivity index (χ1v) is 8.37. The van der Waals surface area contributed by atoms with E-state index in [0.717, 1.165) is 24.8 Å². The first-order valence-electron chi connectivity index (χ1n) is 8.37. The largest absolute Gasteiger partial charge is 0.421 e.